The molecule has 1 aromatic rings. The molecule has 3 nitrogen and oxygen atoms in total. The Balaban J connectivity index is 3.08. The largest absolute Gasteiger partial charge is 0.416 e. The molecule has 1 N–H and O–H groups in total. The summed E-state index contributed by atoms with van der Waals surface area (Å²) in [6, 6.07) is 6.65. The molecule has 0 radical (unpaired) electrons. The molecule has 70 valence electrons. The van der Waals surface area contributed by atoms with Crippen LogP contribution in [0.2, 0.25) is 0 Å². The summed E-state index contributed by atoms with van der Waals surface area (Å²) in [5.41, 5.74) is 1.03. The topological polar surface area (TPSA) is 48.1 Å². The average molecular weight is 197 g/mol. The molecule has 0 fully saturated rings. The third-order valence-electron chi connectivity index (χ3n) is 1.65. The van der Waals surface area contributed by atoms with Crippen molar-refractivity contribution >= 4 is 16.6 Å². The summed E-state index contributed by atoms with van der Waals surface area (Å²) in [6.45, 7) is 6.85. The lowest BCUT2D eigenvalue weighted by Crippen LogP contribution is -2.68. The Kier molecular flexibility index (Phi) is 2.83. The van der Waals surface area contributed by atoms with E-state index < -0.39 is 9.84 Å². The monoisotopic (exact) mass is 197 g/mol. The van der Waals surface area contributed by atoms with E-state index in [1.165, 1.54) is 0 Å². The Morgan fingerprint density at radius 1 is 1.31 bits per heavy atom. The van der Waals surface area contributed by atoms with Crippen molar-refractivity contribution in [3.63, 3.8) is 0 Å². The van der Waals surface area contributed by atoms with Gasteiger partial charge in [-0.25, -0.2) is 15.1 Å². The normalized spacial score (nSPS) is 11.2. The predicted octanol–water partition coefficient (Wildman–Crippen LogP) is -0.616. The number of hydrogen-bond acceptors (Lipinski definition) is 2. The Morgan fingerprint density at radius 2 is 1.85 bits per heavy atom. The van der Waals surface area contributed by atoms with Crippen LogP contribution in [0.25, 0.3) is 0 Å². The number of nitrogens with one attached hydrogen (secondary N) is 1. The van der Waals surface area contributed by atoms with Gasteiger partial charge in [0, 0.05) is 0 Å². The number of benzene rings is 1. The van der Waals surface area contributed by atoms with Crippen LogP contribution < -0.4 is 4.99 Å². The molecular formula is C9H11NO2S. The van der Waals surface area contributed by atoms with Crippen LogP contribution in [0.4, 0.5) is 0 Å². The maximum absolute atomic E-state index is 11.4. The van der Waals surface area contributed by atoms with E-state index in [1.54, 1.807) is 24.3 Å². The Bertz CT molecular complexity index is 392. The summed E-state index contributed by atoms with van der Waals surface area (Å²) in [6.07, 6.45) is 0. The van der Waals surface area contributed by atoms with Gasteiger partial charge in [0.2, 0.25) is 15.7 Å². The van der Waals surface area contributed by atoms with E-state index >= 15 is 0 Å². The van der Waals surface area contributed by atoms with Crippen molar-refractivity contribution in [2.75, 3.05) is 5.88 Å². The highest BCUT2D eigenvalue weighted by Crippen LogP contribution is 2.09. The van der Waals surface area contributed by atoms with E-state index in [9.17, 15) is 8.42 Å². The molecule has 1 rings (SSSR count). The van der Waals surface area contributed by atoms with Crippen molar-refractivity contribution in [3.05, 3.63) is 29.8 Å². The highest BCUT2D eigenvalue weighted by molar-refractivity contribution is 7.91. The third-order valence-corrected chi connectivity index (χ3v) is 3.19. The fourth-order valence-corrected chi connectivity index (χ4v) is 1.88. The van der Waals surface area contributed by atoms with Crippen LogP contribution in [0.15, 0.2) is 29.2 Å². The average Bonchev–Trinajstić information content (AvgIpc) is 2.05. The molecule has 0 heterocycles. The first-order valence-electron chi connectivity index (χ1n) is 3.79. The number of rotatable bonds is 3. The van der Waals surface area contributed by atoms with Crippen LogP contribution in [-0.4, -0.2) is 21.0 Å². The number of sulfone groups is 1. The molecule has 0 bridgehead atoms. The van der Waals surface area contributed by atoms with Crippen LogP contribution in [0.3, 0.4) is 0 Å². The van der Waals surface area contributed by atoms with Gasteiger partial charge in [0.1, 0.15) is 0 Å². The minimum atomic E-state index is -3.26. The fraction of sp³-hybridized carbons (Fsp3) is 0.222. The minimum absolute atomic E-state index is 0.240. The fourth-order valence-electron chi connectivity index (χ4n) is 0.939. The molecule has 0 amide bonds. The van der Waals surface area contributed by atoms with Crippen molar-refractivity contribution in [2.24, 2.45) is 0 Å². The van der Waals surface area contributed by atoms with Crippen LogP contribution >= 0.6 is 0 Å². The molecule has 0 saturated carbocycles. The summed E-state index contributed by atoms with van der Waals surface area (Å²) < 4.78 is 22.8. The van der Waals surface area contributed by atoms with E-state index in [1.807, 2.05) is 6.92 Å². The van der Waals surface area contributed by atoms with Crippen molar-refractivity contribution in [3.8, 4) is 0 Å². The van der Waals surface area contributed by atoms with E-state index in [0.29, 0.717) is 0 Å². The zero-order chi connectivity index (χ0) is 9.90. The van der Waals surface area contributed by atoms with Gasteiger partial charge in [0.15, 0.2) is 0 Å². The van der Waals surface area contributed by atoms with Gasteiger partial charge in [0.05, 0.1) is 4.90 Å². The second kappa shape index (κ2) is 3.70. The molecule has 0 aliphatic heterocycles. The van der Waals surface area contributed by atoms with E-state index in [4.69, 9.17) is 6.72 Å². The first kappa shape index (κ1) is 9.92. The Hall–Kier alpha value is -1.16. The van der Waals surface area contributed by atoms with Gasteiger partial charge in [-0.2, -0.15) is 0 Å². The number of hydrogen-bond donors (Lipinski definition) is 1. The quantitative estimate of drug-likeness (QED) is 0.519. The Labute approximate surface area is 78.0 Å². The molecule has 0 unspecified atom stereocenters. The zero-order valence-corrected chi connectivity index (χ0v) is 8.14. The zero-order valence-electron chi connectivity index (χ0n) is 7.32. The second-order valence-electron chi connectivity index (χ2n) is 2.78. The highest BCUT2D eigenvalue weighted by Gasteiger charge is 2.13. The van der Waals surface area contributed by atoms with Gasteiger partial charge in [-0.3, -0.25) is 0 Å². The standard InChI is InChI=1S/C9H11NO2S/c1-8-3-5-9(6-4-8)13(11,12)7-10-2/h2-6,10H,7H2,1H3. The molecule has 1 aromatic carbocycles. The van der Waals surface area contributed by atoms with Crippen molar-refractivity contribution < 1.29 is 13.4 Å². The van der Waals surface area contributed by atoms with Crippen molar-refractivity contribution in [1.29, 1.82) is 0 Å². The van der Waals surface area contributed by atoms with Gasteiger partial charge >= 0.3 is 0 Å². The molecule has 0 saturated heterocycles. The number of aryl methyl sites for hydroxylation is 1. The van der Waals surface area contributed by atoms with E-state index in [-0.39, 0.29) is 10.8 Å². The van der Waals surface area contributed by atoms with E-state index in [2.05, 4.69) is 4.99 Å². The SMILES string of the molecule is [CH-]=[NH+]CS(=O)(=O)c1ccc(C)cc1. The molecule has 0 spiro atoms. The molecule has 0 aliphatic carbocycles. The van der Waals surface area contributed by atoms with Crippen LogP contribution in [0.1, 0.15) is 5.56 Å². The first-order valence-corrected chi connectivity index (χ1v) is 5.44. The lowest BCUT2D eigenvalue weighted by Gasteiger charge is -1.99. The van der Waals surface area contributed by atoms with Gasteiger partial charge in [-0.1, -0.05) is 17.7 Å². The summed E-state index contributed by atoms with van der Waals surface area (Å²) in [7, 11) is -3.26. The maximum Gasteiger partial charge on any atom is 0.235 e. The second-order valence-corrected chi connectivity index (χ2v) is 4.77. The molecule has 0 atom stereocenters. The van der Waals surface area contributed by atoms with Gasteiger partial charge in [-0.05, 0) is 19.1 Å². The summed E-state index contributed by atoms with van der Waals surface area (Å²) in [5.74, 6) is -0.240. The van der Waals surface area contributed by atoms with Gasteiger partial charge in [-0.15, -0.1) is 0 Å². The minimum Gasteiger partial charge on any atom is -0.416 e. The summed E-state index contributed by atoms with van der Waals surface area (Å²) >= 11 is 0. The first-order chi connectivity index (χ1) is 6.06. The van der Waals surface area contributed by atoms with Gasteiger partial charge in [0.25, 0.3) is 0 Å². The Morgan fingerprint density at radius 3 is 2.31 bits per heavy atom. The molecular weight excluding hydrogens is 186 g/mol. The molecule has 0 aromatic heterocycles. The summed E-state index contributed by atoms with van der Waals surface area (Å²) in [4.78, 5) is 2.42. The van der Waals surface area contributed by atoms with Gasteiger partial charge < -0.3 is 4.99 Å². The lowest BCUT2D eigenvalue weighted by atomic mass is 10.2. The third kappa shape index (κ3) is 2.39. The van der Waals surface area contributed by atoms with Crippen molar-refractivity contribution in [2.45, 2.75) is 11.8 Å². The predicted molar refractivity (Wildman–Crippen MR) is 50.3 cm³/mol. The van der Waals surface area contributed by atoms with Crippen LogP contribution in [0, 0.1) is 6.92 Å². The summed E-state index contributed by atoms with van der Waals surface area (Å²) in [5, 5.41) is 0. The van der Waals surface area contributed by atoms with E-state index in [0.717, 1.165) is 5.56 Å². The molecule has 0 aliphatic rings. The van der Waals surface area contributed by atoms with Crippen LogP contribution in [-0.2, 0) is 9.84 Å². The maximum atomic E-state index is 11.4. The lowest BCUT2D eigenvalue weighted by molar-refractivity contribution is -0.423. The van der Waals surface area contributed by atoms with Crippen molar-refractivity contribution in [1.82, 2.24) is 0 Å². The highest BCUT2D eigenvalue weighted by atomic mass is 32.2. The smallest absolute Gasteiger partial charge is 0.235 e. The van der Waals surface area contributed by atoms with Crippen LogP contribution in [0.5, 0.6) is 0 Å². The molecule has 13 heavy (non-hydrogen) atoms. The molecule has 4 heteroatoms.